The molecule has 0 saturated heterocycles. The van der Waals surface area contributed by atoms with E-state index in [1.54, 1.807) is 6.08 Å². The van der Waals surface area contributed by atoms with Crippen molar-refractivity contribution in [2.45, 2.75) is 20.5 Å². The molecule has 0 aliphatic rings. The number of nitriles is 1. The van der Waals surface area contributed by atoms with Crippen molar-refractivity contribution in [3.05, 3.63) is 98.1 Å². The van der Waals surface area contributed by atoms with Gasteiger partial charge in [0, 0.05) is 5.69 Å². The number of benzene rings is 3. The number of ether oxygens (including phenoxy) is 1. The van der Waals surface area contributed by atoms with Gasteiger partial charge in [-0.05, 0) is 83.0 Å². The Bertz CT molecular complexity index is 1130. The second kappa shape index (κ2) is 10.1. The maximum Gasteiger partial charge on any atom is 0.266 e. The number of carbonyl (C=O) groups excluding carboxylic acids is 1. The second-order valence-electron chi connectivity index (χ2n) is 6.91. The molecule has 30 heavy (non-hydrogen) atoms. The minimum Gasteiger partial charge on any atom is -0.488 e. The van der Waals surface area contributed by atoms with Crippen LogP contribution < -0.4 is 10.1 Å². The number of hydrogen-bond acceptors (Lipinski definition) is 3. The van der Waals surface area contributed by atoms with Gasteiger partial charge in [-0.2, -0.15) is 5.26 Å². The van der Waals surface area contributed by atoms with Crippen LogP contribution in [0.2, 0.25) is 0 Å². The van der Waals surface area contributed by atoms with Crippen molar-refractivity contribution in [1.29, 1.82) is 5.26 Å². The van der Waals surface area contributed by atoms with E-state index >= 15 is 0 Å². The Morgan fingerprint density at radius 3 is 2.57 bits per heavy atom. The smallest absolute Gasteiger partial charge is 0.266 e. The number of halogens is 1. The normalized spacial score (nSPS) is 10.9. The Hall–Kier alpha value is -3.11. The molecule has 150 valence electrons. The van der Waals surface area contributed by atoms with Crippen molar-refractivity contribution >= 4 is 40.3 Å². The molecule has 5 heteroatoms. The van der Waals surface area contributed by atoms with Crippen LogP contribution in [0.15, 0.2) is 72.3 Å². The largest absolute Gasteiger partial charge is 0.488 e. The van der Waals surface area contributed by atoms with Crippen molar-refractivity contribution in [3.63, 3.8) is 0 Å². The number of nitrogens with zero attached hydrogens (tertiary/aromatic N) is 1. The van der Waals surface area contributed by atoms with Crippen molar-refractivity contribution < 1.29 is 9.53 Å². The fourth-order valence-corrected chi connectivity index (χ4v) is 3.53. The molecule has 3 rings (SSSR count). The molecule has 0 bridgehead atoms. The predicted molar refractivity (Wildman–Crippen MR) is 128 cm³/mol. The van der Waals surface area contributed by atoms with Crippen LogP contribution in [-0.2, 0) is 11.4 Å². The molecule has 0 aliphatic carbocycles. The summed E-state index contributed by atoms with van der Waals surface area (Å²) in [6.45, 7) is 4.36. The van der Waals surface area contributed by atoms with Gasteiger partial charge in [-0.3, -0.25) is 4.79 Å². The molecule has 3 aromatic carbocycles. The molecule has 4 nitrogen and oxygen atoms in total. The molecule has 1 N–H and O–H groups in total. The van der Waals surface area contributed by atoms with Crippen LogP contribution in [0.5, 0.6) is 5.75 Å². The summed E-state index contributed by atoms with van der Waals surface area (Å²) in [5, 5.41) is 12.3. The van der Waals surface area contributed by atoms with Crippen molar-refractivity contribution in [2.75, 3.05) is 5.32 Å². The zero-order valence-corrected chi connectivity index (χ0v) is 18.9. The summed E-state index contributed by atoms with van der Waals surface area (Å²) in [4.78, 5) is 12.6. The fourth-order valence-electron chi connectivity index (χ4n) is 2.83. The lowest BCUT2D eigenvalue weighted by Crippen LogP contribution is -2.14. The topological polar surface area (TPSA) is 62.1 Å². The Kier molecular flexibility index (Phi) is 7.26. The van der Waals surface area contributed by atoms with Gasteiger partial charge in [-0.1, -0.05) is 48.5 Å². The fraction of sp³-hybridized carbons (Fsp3) is 0.120. The molecule has 1 amide bonds. The van der Waals surface area contributed by atoms with E-state index in [-0.39, 0.29) is 5.57 Å². The Morgan fingerprint density at radius 1 is 1.10 bits per heavy atom. The number of aryl methyl sites for hydroxylation is 2. The number of amides is 1. The van der Waals surface area contributed by atoms with Crippen molar-refractivity contribution in [1.82, 2.24) is 0 Å². The quantitative estimate of drug-likeness (QED) is 0.251. The molecule has 0 fully saturated rings. The lowest BCUT2D eigenvalue weighted by Gasteiger charge is -2.10. The Balaban J connectivity index is 1.73. The molecule has 0 aromatic heterocycles. The van der Waals surface area contributed by atoms with E-state index in [9.17, 15) is 10.1 Å². The molecule has 0 saturated carbocycles. The average molecular weight is 508 g/mol. The second-order valence-corrected chi connectivity index (χ2v) is 8.07. The summed E-state index contributed by atoms with van der Waals surface area (Å²) < 4.78 is 6.79. The summed E-state index contributed by atoms with van der Waals surface area (Å²) in [5.41, 5.74) is 4.59. The first kappa shape index (κ1) is 21.6. The highest BCUT2D eigenvalue weighted by atomic mass is 127. The Morgan fingerprint density at radius 2 is 1.87 bits per heavy atom. The van der Waals surface area contributed by atoms with Crippen LogP contribution in [0.3, 0.4) is 0 Å². The highest BCUT2D eigenvalue weighted by Crippen LogP contribution is 2.25. The molecule has 0 unspecified atom stereocenters. The predicted octanol–water partition coefficient (Wildman–Crippen LogP) is 6.03. The van der Waals surface area contributed by atoms with Gasteiger partial charge < -0.3 is 10.1 Å². The minimum absolute atomic E-state index is 0.0460. The first-order chi connectivity index (χ1) is 14.5. The number of hydrogen-bond donors (Lipinski definition) is 1. The van der Waals surface area contributed by atoms with Gasteiger partial charge in [0.05, 0.1) is 3.57 Å². The number of carbonyl (C=O) groups is 1. The van der Waals surface area contributed by atoms with Crippen LogP contribution in [-0.4, -0.2) is 5.91 Å². The first-order valence-corrected chi connectivity index (χ1v) is 10.5. The van der Waals surface area contributed by atoms with Gasteiger partial charge >= 0.3 is 0 Å². The molecular formula is C25H21IN2O2. The van der Waals surface area contributed by atoms with Gasteiger partial charge in [0.15, 0.2) is 0 Å². The highest BCUT2D eigenvalue weighted by molar-refractivity contribution is 14.1. The van der Waals surface area contributed by atoms with E-state index in [0.29, 0.717) is 12.3 Å². The number of nitrogens with one attached hydrogen (secondary N) is 1. The highest BCUT2D eigenvalue weighted by Gasteiger charge is 2.12. The third-order valence-electron chi connectivity index (χ3n) is 4.51. The zero-order chi connectivity index (χ0) is 21.5. The van der Waals surface area contributed by atoms with Crippen molar-refractivity contribution in [2.24, 2.45) is 0 Å². The maximum atomic E-state index is 12.6. The van der Waals surface area contributed by atoms with E-state index in [0.717, 1.165) is 31.6 Å². The zero-order valence-electron chi connectivity index (χ0n) is 16.8. The van der Waals surface area contributed by atoms with E-state index in [1.165, 1.54) is 0 Å². The van der Waals surface area contributed by atoms with Crippen molar-refractivity contribution in [3.8, 4) is 11.8 Å². The number of anilines is 1. The lowest BCUT2D eigenvalue weighted by molar-refractivity contribution is -0.112. The van der Waals surface area contributed by atoms with E-state index in [2.05, 4.69) is 27.9 Å². The summed E-state index contributed by atoms with van der Waals surface area (Å²) >= 11 is 2.19. The van der Waals surface area contributed by atoms with Crippen LogP contribution >= 0.6 is 22.6 Å². The van der Waals surface area contributed by atoms with Crippen LogP contribution in [0.1, 0.15) is 22.3 Å². The molecule has 0 radical (unpaired) electrons. The van der Waals surface area contributed by atoms with Gasteiger partial charge in [-0.15, -0.1) is 0 Å². The summed E-state index contributed by atoms with van der Waals surface area (Å²) in [5.74, 6) is 0.334. The van der Waals surface area contributed by atoms with Gasteiger partial charge in [0.1, 0.15) is 24.0 Å². The molecule has 0 spiro atoms. The summed E-state index contributed by atoms with van der Waals surface area (Å²) in [6.07, 6.45) is 1.59. The molecular weight excluding hydrogens is 487 g/mol. The van der Waals surface area contributed by atoms with E-state index < -0.39 is 5.91 Å². The average Bonchev–Trinajstić information content (AvgIpc) is 2.74. The first-order valence-electron chi connectivity index (χ1n) is 9.43. The van der Waals surface area contributed by atoms with Crippen LogP contribution in [0.4, 0.5) is 5.69 Å². The van der Waals surface area contributed by atoms with E-state index in [4.69, 9.17) is 4.74 Å². The van der Waals surface area contributed by atoms with Gasteiger partial charge in [0.2, 0.25) is 0 Å². The van der Waals surface area contributed by atoms with Gasteiger partial charge in [-0.25, -0.2) is 0 Å². The van der Waals surface area contributed by atoms with Crippen LogP contribution in [0, 0.1) is 28.7 Å². The third-order valence-corrected chi connectivity index (χ3v) is 5.35. The number of rotatable bonds is 6. The standard InChI is InChI=1S/C25H21IN2O2/c1-17-8-9-18(2)23(12-17)28-25(29)21(15-27)13-20-10-11-24(22(26)14-20)30-16-19-6-4-3-5-7-19/h3-14H,16H2,1-2H3,(H,28,29)/b21-13+. The van der Waals surface area contributed by atoms with Crippen LogP contribution in [0.25, 0.3) is 6.08 Å². The third kappa shape index (κ3) is 5.71. The minimum atomic E-state index is -0.425. The monoisotopic (exact) mass is 508 g/mol. The molecule has 0 aliphatic heterocycles. The summed E-state index contributed by atoms with van der Waals surface area (Å²) in [7, 11) is 0. The SMILES string of the molecule is Cc1ccc(C)c(NC(=O)/C(C#N)=C/c2ccc(OCc3ccccc3)c(I)c2)c1. The lowest BCUT2D eigenvalue weighted by atomic mass is 10.1. The summed E-state index contributed by atoms with van der Waals surface area (Å²) in [6, 6.07) is 23.3. The molecule has 0 atom stereocenters. The van der Waals surface area contributed by atoms with Gasteiger partial charge in [0.25, 0.3) is 5.91 Å². The molecule has 3 aromatic rings. The maximum absolute atomic E-state index is 12.6. The van der Waals surface area contributed by atoms with E-state index in [1.807, 2.05) is 86.6 Å². The molecule has 0 heterocycles. The Labute approximate surface area is 190 Å².